The van der Waals surface area contributed by atoms with E-state index in [0.717, 1.165) is 16.9 Å². The van der Waals surface area contributed by atoms with Gasteiger partial charge < -0.3 is 9.26 Å². The first-order valence-corrected chi connectivity index (χ1v) is 5.15. The molecule has 16 heavy (non-hydrogen) atoms. The number of hydrogen-bond donors (Lipinski definition) is 0. The van der Waals surface area contributed by atoms with Crippen LogP contribution in [-0.4, -0.2) is 10.1 Å². The van der Waals surface area contributed by atoms with Gasteiger partial charge in [0.25, 0.3) is 5.89 Å². The summed E-state index contributed by atoms with van der Waals surface area (Å²) in [7, 11) is 0. The number of aryl methyl sites for hydroxylation is 3. The summed E-state index contributed by atoms with van der Waals surface area (Å²) in [5, 5.41) is 3.71. The molecule has 0 radical (unpaired) electrons. The lowest BCUT2D eigenvalue weighted by atomic mass is 10.1. The highest BCUT2D eigenvalue weighted by atomic mass is 16.5. The Balaban J connectivity index is 2.10. The molecule has 0 bridgehead atoms. The molecule has 0 aliphatic rings. The van der Waals surface area contributed by atoms with Crippen LogP contribution in [0.15, 0.2) is 22.7 Å². The maximum atomic E-state index is 5.67. The largest absolute Gasteiger partial charge is 0.483 e. The van der Waals surface area contributed by atoms with Gasteiger partial charge in [-0.15, -0.1) is 0 Å². The minimum atomic E-state index is 0.312. The van der Waals surface area contributed by atoms with Crippen LogP contribution < -0.4 is 4.74 Å². The Kier molecular flexibility index (Phi) is 2.90. The van der Waals surface area contributed by atoms with Crippen molar-refractivity contribution in [3.8, 4) is 5.75 Å². The van der Waals surface area contributed by atoms with Crippen molar-refractivity contribution in [2.24, 2.45) is 0 Å². The van der Waals surface area contributed by atoms with E-state index in [1.807, 2.05) is 32.0 Å². The third kappa shape index (κ3) is 2.21. The van der Waals surface area contributed by atoms with Crippen LogP contribution in [0.5, 0.6) is 5.75 Å². The highest BCUT2D eigenvalue weighted by Gasteiger charge is 2.07. The molecule has 0 unspecified atom stereocenters. The summed E-state index contributed by atoms with van der Waals surface area (Å²) < 4.78 is 10.7. The van der Waals surface area contributed by atoms with E-state index in [1.54, 1.807) is 6.92 Å². The Morgan fingerprint density at radius 1 is 1.19 bits per heavy atom. The topological polar surface area (TPSA) is 48.2 Å². The van der Waals surface area contributed by atoms with Crippen molar-refractivity contribution in [2.75, 3.05) is 0 Å². The lowest BCUT2D eigenvalue weighted by Gasteiger charge is -2.09. The van der Waals surface area contributed by atoms with Gasteiger partial charge in [-0.3, -0.25) is 0 Å². The zero-order valence-corrected chi connectivity index (χ0v) is 9.65. The number of para-hydroxylation sites is 1. The standard InChI is InChI=1S/C12H14N2O2/c1-8-5-4-6-9(2)12(8)15-7-11-13-10(3)14-16-11/h4-6H,7H2,1-3H3. The molecule has 0 aliphatic carbocycles. The minimum absolute atomic E-state index is 0.312. The predicted molar refractivity (Wildman–Crippen MR) is 59.3 cm³/mol. The highest BCUT2D eigenvalue weighted by Crippen LogP contribution is 2.23. The number of nitrogens with zero attached hydrogens (tertiary/aromatic N) is 2. The van der Waals surface area contributed by atoms with Crippen LogP contribution in [0.2, 0.25) is 0 Å². The maximum Gasteiger partial charge on any atom is 0.264 e. The van der Waals surface area contributed by atoms with Crippen LogP contribution in [0.3, 0.4) is 0 Å². The molecule has 84 valence electrons. The number of ether oxygens (including phenoxy) is 1. The number of hydrogen-bond acceptors (Lipinski definition) is 4. The van der Waals surface area contributed by atoms with Crippen LogP contribution in [0.25, 0.3) is 0 Å². The van der Waals surface area contributed by atoms with Crippen molar-refractivity contribution in [2.45, 2.75) is 27.4 Å². The first-order chi connectivity index (χ1) is 7.66. The van der Waals surface area contributed by atoms with E-state index in [4.69, 9.17) is 9.26 Å². The predicted octanol–water partition coefficient (Wildman–Crippen LogP) is 2.57. The summed E-state index contributed by atoms with van der Waals surface area (Å²) in [6.07, 6.45) is 0. The van der Waals surface area contributed by atoms with Gasteiger partial charge in [-0.1, -0.05) is 23.4 Å². The van der Waals surface area contributed by atoms with E-state index in [-0.39, 0.29) is 0 Å². The van der Waals surface area contributed by atoms with Gasteiger partial charge >= 0.3 is 0 Å². The quantitative estimate of drug-likeness (QED) is 0.794. The van der Waals surface area contributed by atoms with E-state index in [0.29, 0.717) is 18.3 Å². The molecule has 0 saturated heterocycles. The number of rotatable bonds is 3. The molecule has 1 aromatic carbocycles. The van der Waals surface area contributed by atoms with Gasteiger partial charge in [-0.05, 0) is 31.9 Å². The normalized spacial score (nSPS) is 10.4. The Morgan fingerprint density at radius 2 is 1.88 bits per heavy atom. The second kappa shape index (κ2) is 4.35. The van der Waals surface area contributed by atoms with Gasteiger partial charge in [0.05, 0.1) is 0 Å². The fourth-order valence-corrected chi connectivity index (χ4v) is 1.56. The molecule has 4 heteroatoms. The van der Waals surface area contributed by atoms with Crippen molar-refractivity contribution in [3.63, 3.8) is 0 Å². The molecule has 0 saturated carbocycles. The summed E-state index contributed by atoms with van der Waals surface area (Å²) in [6, 6.07) is 6.04. The lowest BCUT2D eigenvalue weighted by molar-refractivity contribution is 0.240. The zero-order chi connectivity index (χ0) is 11.5. The molecular weight excluding hydrogens is 204 g/mol. The van der Waals surface area contributed by atoms with Crippen LogP contribution in [0.1, 0.15) is 22.8 Å². The van der Waals surface area contributed by atoms with E-state index in [9.17, 15) is 0 Å². The zero-order valence-electron chi connectivity index (χ0n) is 9.65. The SMILES string of the molecule is Cc1noc(COc2c(C)cccc2C)n1. The first-order valence-electron chi connectivity index (χ1n) is 5.15. The first kappa shape index (κ1) is 10.7. The minimum Gasteiger partial charge on any atom is -0.483 e. The van der Waals surface area contributed by atoms with Crippen molar-refractivity contribution < 1.29 is 9.26 Å². The molecule has 0 fully saturated rings. The highest BCUT2D eigenvalue weighted by molar-refractivity contribution is 5.39. The molecule has 0 atom stereocenters. The fraction of sp³-hybridized carbons (Fsp3) is 0.333. The molecule has 2 aromatic rings. The third-order valence-corrected chi connectivity index (χ3v) is 2.32. The van der Waals surface area contributed by atoms with Gasteiger partial charge in [0.15, 0.2) is 12.4 Å². The Morgan fingerprint density at radius 3 is 2.44 bits per heavy atom. The molecule has 0 N–H and O–H groups in total. The molecular formula is C12H14N2O2. The van der Waals surface area contributed by atoms with Crippen molar-refractivity contribution in [1.82, 2.24) is 10.1 Å². The Hall–Kier alpha value is -1.84. The second-order valence-corrected chi connectivity index (χ2v) is 3.74. The van der Waals surface area contributed by atoms with Crippen LogP contribution >= 0.6 is 0 Å². The van der Waals surface area contributed by atoms with Crippen molar-refractivity contribution >= 4 is 0 Å². The monoisotopic (exact) mass is 218 g/mol. The van der Waals surface area contributed by atoms with Crippen LogP contribution in [-0.2, 0) is 6.61 Å². The smallest absolute Gasteiger partial charge is 0.264 e. The van der Waals surface area contributed by atoms with Crippen LogP contribution in [0, 0.1) is 20.8 Å². The summed E-state index contributed by atoms with van der Waals surface area (Å²) >= 11 is 0. The molecule has 2 rings (SSSR count). The van der Waals surface area contributed by atoms with Crippen LogP contribution in [0.4, 0.5) is 0 Å². The second-order valence-electron chi connectivity index (χ2n) is 3.74. The molecule has 1 heterocycles. The Labute approximate surface area is 94.2 Å². The van der Waals surface area contributed by atoms with E-state index in [2.05, 4.69) is 10.1 Å². The number of aromatic nitrogens is 2. The van der Waals surface area contributed by atoms with E-state index in [1.165, 1.54) is 0 Å². The van der Waals surface area contributed by atoms with Gasteiger partial charge in [-0.2, -0.15) is 4.98 Å². The summed E-state index contributed by atoms with van der Waals surface area (Å²) in [5.41, 5.74) is 2.22. The van der Waals surface area contributed by atoms with Gasteiger partial charge in [0.2, 0.25) is 0 Å². The van der Waals surface area contributed by atoms with Crippen molar-refractivity contribution in [3.05, 3.63) is 41.0 Å². The van der Waals surface area contributed by atoms with Gasteiger partial charge in [0, 0.05) is 0 Å². The number of benzene rings is 1. The molecule has 0 spiro atoms. The van der Waals surface area contributed by atoms with Crippen molar-refractivity contribution in [1.29, 1.82) is 0 Å². The Bertz CT molecular complexity index is 471. The molecule has 4 nitrogen and oxygen atoms in total. The summed E-state index contributed by atoms with van der Waals surface area (Å²) in [4.78, 5) is 4.08. The average molecular weight is 218 g/mol. The summed E-state index contributed by atoms with van der Waals surface area (Å²) in [5.74, 6) is 2.01. The van der Waals surface area contributed by atoms with E-state index < -0.39 is 0 Å². The molecule has 0 amide bonds. The van der Waals surface area contributed by atoms with Gasteiger partial charge in [-0.25, -0.2) is 0 Å². The van der Waals surface area contributed by atoms with Gasteiger partial charge in [0.1, 0.15) is 5.75 Å². The molecule has 1 aromatic heterocycles. The lowest BCUT2D eigenvalue weighted by Crippen LogP contribution is -1.99. The molecule has 0 aliphatic heterocycles. The average Bonchev–Trinajstić information content (AvgIpc) is 2.63. The maximum absolute atomic E-state index is 5.67. The fourth-order valence-electron chi connectivity index (χ4n) is 1.56. The third-order valence-electron chi connectivity index (χ3n) is 2.32. The summed E-state index contributed by atoms with van der Waals surface area (Å²) in [6.45, 7) is 6.13. The van der Waals surface area contributed by atoms with E-state index >= 15 is 0 Å².